The Hall–Kier alpha value is -2.53. The molecule has 5 heteroatoms. The number of nitrogens with one attached hydrogen (secondary N) is 3. The summed E-state index contributed by atoms with van der Waals surface area (Å²) in [6, 6.07) is 16.9. The van der Waals surface area contributed by atoms with E-state index in [1.54, 1.807) is 12.1 Å². The molecule has 0 saturated carbocycles. The molecule has 2 aromatic rings. The molecule has 0 aliphatic carbocycles. The minimum absolute atomic E-state index is 0.289. The van der Waals surface area contributed by atoms with E-state index in [1.165, 1.54) is 5.56 Å². The quantitative estimate of drug-likeness (QED) is 0.583. The molecule has 0 aromatic heterocycles. The van der Waals surface area contributed by atoms with Crippen LogP contribution in [0.15, 0.2) is 54.6 Å². The maximum atomic E-state index is 11.7. The lowest BCUT2D eigenvalue weighted by Crippen LogP contribution is -2.46. The summed E-state index contributed by atoms with van der Waals surface area (Å²) in [5.41, 5.74) is 8.11. The number of ether oxygens (including phenoxy) is 1. The van der Waals surface area contributed by atoms with Crippen LogP contribution in [0.1, 0.15) is 12.5 Å². The minimum Gasteiger partial charge on any atom is -0.410 e. The number of aryl methyl sites for hydroxylation is 1. The molecule has 3 N–H and O–H groups in total. The van der Waals surface area contributed by atoms with Gasteiger partial charge in [0.15, 0.2) is 0 Å². The van der Waals surface area contributed by atoms with Gasteiger partial charge in [-0.2, -0.15) is 0 Å². The van der Waals surface area contributed by atoms with Crippen molar-refractivity contribution in [1.82, 2.24) is 10.7 Å². The molecule has 0 radical (unpaired) electrons. The summed E-state index contributed by atoms with van der Waals surface area (Å²) >= 11 is 0. The Morgan fingerprint density at radius 3 is 2.38 bits per heavy atom. The fraction of sp³-hybridized carbons (Fsp3) is 0.188. The van der Waals surface area contributed by atoms with E-state index in [0.717, 1.165) is 5.69 Å². The summed E-state index contributed by atoms with van der Waals surface area (Å²) < 4.78 is 5.13. The molecule has 1 atom stereocenters. The molecular weight excluding hydrogens is 266 g/mol. The first-order valence-corrected chi connectivity index (χ1v) is 6.75. The Morgan fingerprint density at radius 2 is 1.71 bits per heavy atom. The van der Waals surface area contributed by atoms with Crippen LogP contribution in [0.4, 0.5) is 10.5 Å². The van der Waals surface area contributed by atoms with E-state index in [2.05, 4.69) is 16.2 Å². The van der Waals surface area contributed by atoms with E-state index in [4.69, 9.17) is 4.74 Å². The van der Waals surface area contributed by atoms with Gasteiger partial charge in [-0.15, -0.1) is 0 Å². The number of benzene rings is 2. The molecule has 0 saturated heterocycles. The molecule has 2 rings (SSSR count). The van der Waals surface area contributed by atoms with Gasteiger partial charge in [0.25, 0.3) is 0 Å². The van der Waals surface area contributed by atoms with Gasteiger partial charge in [-0.25, -0.2) is 10.2 Å². The first-order chi connectivity index (χ1) is 10.1. The fourth-order valence-corrected chi connectivity index (χ4v) is 1.67. The van der Waals surface area contributed by atoms with Crippen LogP contribution in [0.25, 0.3) is 0 Å². The molecule has 0 aliphatic rings. The van der Waals surface area contributed by atoms with Gasteiger partial charge < -0.3 is 15.5 Å². The molecule has 110 valence electrons. The molecule has 21 heavy (non-hydrogen) atoms. The van der Waals surface area contributed by atoms with E-state index in [1.807, 2.05) is 56.3 Å². The number of para-hydroxylation sites is 1. The summed E-state index contributed by atoms with van der Waals surface area (Å²) in [5.74, 6) is 0.508. The number of anilines is 1. The number of carbonyl (C=O) groups excluding carboxylic acids is 1. The molecule has 0 heterocycles. The maximum Gasteiger partial charge on any atom is 0.413 e. The molecule has 1 amide bonds. The van der Waals surface area contributed by atoms with E-state index in [0.29, 0.717) is 5.75 Å². The third kappa shape index (κ3) is 5.16. The molecule has 0 fully saturated rings. The highest BCUT2D eigenvalue weighted by molar-refractivity contribution is 5.70. The third-order valence-electron chi connectivity index (χ3n) is 2.77. The van der Waals surface area contributed by atoms with Crippen LogP contribution in [-0.2, 0) is 0 Å². The average molecular weight is 285 g/mol. The van der Waals surface area contributed by atoms with Crippen molar-refractivity contribution < 1.29 is 9.53 Å². The monoisotopic (exact) mass is 285 g/mol. The summed E-state index contributed by atoms with van der Waals surface area (Å²) in [7, 11) is 0. The van der Waals surface area contributed by atoms with E-state index < -0.39 is 6.09 Å². The number of hydrogen-bond donors (Lipinski definition) is 3. The van der Waals surface area contributed by atoms with Gasteiger partial charge in [0.1, 0.15) is 5.75 Å². The summed E-state index contributed by atoms with van der Waals surface area (Å²) in [4.78, 5) is 11.7. The van der Waals surface area contributed by atoms with Crippen molar-refractivity contribution in [2.75, 3.05) is 5.43 Å². The van der Waals surface area contributed by atoms with Crippen LogP contribution in [-0.4, -0.2) is 12.3 Å². The van der Waals surface area contributed by atoms with Crippen molar-refractivity contribution in [3.8, 4) is 5.75 Å². The highest BCUT2D eigenvalue weighted by Crippen LogP contribution is 2.08. The van der Waals surface area contributed by atoms with Gasteiger partial charge >= 0.3 is 6.09 Å². The lowest BCUT2D eigenvalue weighted by Gasteiger charge is -2.17. The first-order valence-electron chi connectivity index (χ1n) is 6.75. The van der Waals surface area contributed by atoms with Crippen molar-refractivity contribution >= 4 is 11.8 Å². The van der Waals surface area contributed by atoms with Crippen LogP contribution in [0.5, 0.6) is 5.75 Å². The maximum absolute atomic E-state index is 11.7. The van der Waals surface area contributed by atoms with Crippen molar-refractivity contribution in [3.63, 3.8) is 0 Å². The number of carbonyl (C=O) groups is 1. The van der Waals surface area contributed by atoms with Crippen LogP contribution < -0.4 is 20.9 Å². The summed E-state index contributed by atoms with van der Waals surface area (Å²) in [6.45, 7) is 3.84. The third-order valence-corrected chi connectivity index (χ3v) is 2.77. The molecule has 5 nitrogen and oxygen atoms in total. The number of amides is 1. The first kappa shape index (κ1) is 14.9. The van der Waals surface area contributed by atoms with Gasteiger partial charge in [0.2, 0.25) is 0 Å². The summed E-state index contributed by atoms with van der Waals surface area (Å²) in [5, 5.41) is 2.68. The summed E-state index contributed by atoms with van der Waals surface area (Å²) in [6.07, 6.45) is -0.797. The van der Waals surface area contributed by atoms with Gasteiger partial charge in [0.05, 0.1) is 6.17 Å². The molecule has 1 unspecified atom stereocenters. The van der Waals surface area contributed by atoms with Crippen molar-refractivity contribution in [2.45, 2.75) is 20.0 Å². The molecule has 0 spiro atoms. The zero-order chi connectivity index (χ0) is 15.1. The topological polar surface area (TPSA) is 62.4 Å². The predicted molar refractivity (Wildman–Crippen MR) is 83.0 cm³/mol. The average Bonchev–Trinajstić information content (AvgIpc) is 2.47. The van der Waals surface area contributed by atoms with E-state index in [-0.39, 0.29) is 6.17 Å². The second-order valence-corrected chi connectivity index (χ2v) is 4.70. The number of rotatable bonds is 5. The van der Waals surface area contributed by atoms with Gasteiger partial charge in [0, 0.05) is 5.69 Å². The van der Waals surface area contributed by atoms with Crippen molar-refractivity contribution in [2.24, 2.45) is 0 Å². The zero-order valence-corrected chi connectivity index (χ0v) is 12.1. The highest BCUT2D eigenvalue weighted by Gasteiger charge is 2.08. The van der Waals surface area contributed by atoms with Crippen LogP contribution >= 0.6 is 0 Å². The Labute approximate surface area is 124 Å². The molecule has 0 aliphatic heterocycles. The van der Waals surface area contributed by atoms with Crippen LogP contribution in [0.2, 0.25) is 0 Å². The smallest absolute Gasteiger partial charge is 0.410 e. The minimum atomic E-state index is -0.507. The van der Waals surface area contributed by atoms with Crippen molar-refractivity contribution in [1.29, 1.82) is 0 Å². The number of hydrazine groups is 1. The van der Waals surface area contributed by atoms with Gasteiger partial charge in [-0.1, -0.05) is 35.9 Å². The van der Waals surface area contributed by atoms with Crippen LogP contribution in [0, 0.1) is 6.92 Å². The number of hydrogen-bond acceptors (Lipinski definition) is 4. The van der Waals surface area contributed by atoms with Gasteiger partial charge in [-0.05, 0) is 38.1 Å². The zero-order valence-electron chi connectivity index (χ0n) is 12.1. The van der Waals surface area contributed by atoms with Gasteiger partial charge in [-0.3, -0.25) is 0 Å². The fourth-order valence-electron chi connectivity index (χ4n) is 1.67. The van der Waals surface area contributed by atoms with E-state index in [9.17, 15) is 4.79 Å². The Kier molecular flexibility index (Phi) is 5.17. The lowest BCUT2D eigenvalue weighted by atomic mass is 10.2. The second kappa shape index (κ2) is 7.31. The van der Waals surface area contributed by atoms with Crippen molar-refractivity contribution in [3.05, 3.63) is 60.2 Å². The largest absolute Gasteiger partial charge is 0.413 e. The standard InChI is InChI=1S/C16H19N3O2/c1-12-8-10-14(11-9-12)19-18-13(2)17-16(20)21-15-6-4-3-5-7-15/h3-11,13,18-19H,1-2H3,(H,17,20). The van der Waals surface area contributed by atoms with Crippen LogP contribution in [0.3, 0.4) is 0 Å². The van der Waals surface area contributed by atoms with E-state index >= 15 is 0 Å². The SMILES string of the molecule is Cc1ccc(NNC(C)NC(=O)Oc2ccccc2)cc1. The predicted octanol–water partition coefficient (Wildman–Crippen LogP) is 3.05. The second-order valence-electron chi connectivity index (χ2n) is 4.70. The Balaban J connectivity index is 1.75. The molecule has 2 aromatic carbocycles. The normalized spacial score (nSPS) is 11.5. The molecular formula is C16H19N3O2. The highest BCUT2D eigenvalue weighted by atomic mass is 16.6. The Bertz CT molecular complexity index is 570. The Morgan fingerprint density at radius 1 is 1.05 bits per heavy atom. The molecule has 0 bridgehead atoms. The lowest BCUT2D eigenvalue weighted by molar-refractivity contribution is 0.195.